The van der Waals surface area contributed by atoms with Gasteiger partial charge in [-0.1, -0.05) is 18.2 Å². The zero-order chi connectivity index (χ0) is 22.2. The van der Waals surface area contributed by atoms with Crippen LogP contribution in [-0.2, 0) is 9.53 Å². The lowest BCUT2D eigenvalue weighted by molar-refractivity contribution is -0.155. The molecule has 8 heteroatoms. The number of amides is 2. The number of rotatable bonds is 3. The van der Waals surface area contributed by atoms with E-state index >= 15 is 0 Å². The summed E-state index contributed by atoms with van der Waals surface area (Å²) in [5.74, 6) is -0.344. The fourth-order valence-electron chi connectivity index (χ4n) is 4.12. The van der Waals surface area contributed by atoms with E-state index in [2.05, 4.69) is 11.9 Å². The SMILES string of the molecule is CN1CCN(C(=O)c2cc([C@@H]3CN(C(=O)C(C)(C)O)CCO3)nc3ccccc23)CC1. The van der Waals surface area contributed by atoms with Crippen molar-refractivity contribution in [2.75, 3.05) is 52.9 Å². The zero-order valence-electron chi connectivity index (χ0n) is 18.4. The van der Waals surface area contributed by atoms with Crippen molar-refractivity contribution in [2.45, 2.75) is 25.6 Å². The maximum atomic E-state index is 13.4. The molecule has 0 unspecified atom stereocenters. The molecule has 1 aromatic heterocycles. The molecule has 0 spiro atoms. The molecule has 0 saturated carbocycles. The van der Waals surface area contributed by atoms with Gasteiger partial charge in [-0.15, -0.1) is 0 Å². The molecule has 2 saturated heterocycles. The van der Waals surface area contributed by atoms with Crippen LogP contribution in [0, 0.1) is 0 Å². The second kappa shape index (κ2) is 8.53. The van der Waals surface area contributed by atoms with E-state index in [0.717, 1.165) is 24.0 Å². The molecule has 4 rings (SSSR count). The molecule has 31 heavy (non-hydrogen) atoms. The molecule has 0 bridgehead atoms. The number of aromatic nitrogens is 1. The van der Waals surface area contributed by atoms with Crippen molar-refractivity contribution in [2.24, 2.45) is 0 Å². The monoisotopic (exact) mass is 426 g/mol. The molecule has 8 nitrogen and oxygen atoms in total. The number of nitrogens with zero attached hydrogens (tertiary/aromatic N) is 4. The molecule has 2 aromatic rings. The first kappa shape index (κ1) is 21.7. The number of hydrogen-bond donors (Lipinski definition) is 1. The predicted octanol–water partition coefficient (Wildman–Crippen LogP) is 1.29. The lowest BCUT2D eigenvalue weighted by Crippen LogP contribution is -2.50. The van der Waals surface area contributed by atoms with Gasteiger partial charge < -0.3 is 24.5 Å². The smallest absolute Gasteiger partial charge is 0.254 e. The summed E-state index contributed by atoms with van der Waals surface area (Å²) in [7, 11) is 2.06. The van der Waals surface area contributed by atoms with Gasteiger partial charge in [0.15, 0.2) is 0 Å². The summed E-state index contributed by atoms with van der Waals surface area (Å²) < 4.78 is 5.93. The number of ether oxygens (including phenoxy) is 1. The fraction of sp³-hybridized carbons (Fsp3) is 0.522. The Morgan fingerprint density at radius 2 is 1.81 bits per heavy atom. The third-order valence-corrected chi connectivity index (χ3v) is 5.96. The van der Waals surface area contributed by atoms with E-state index in [1.165, 1.54) is 13.8 Å². The molecule has 2 amide bonds. The number of piperazine rings is 1. The summed E-state index contributed by atoms with van der Waals surface area (Å²) in [6, 6.07) is 9.43. The average Bonchev–Trinajstić information content (AvgIpc) is 2.77. The Morgan fingerprint density at radius 1 is 1.10 bits per heavy atom. The maximum Gasteiger partial charge on any atom is 0.254 e. The molecular weight excluding hydrogens is 396 g/mol. The van der Waals surface area contributed by atoms with Crippen LogP contribution in [-0.4, -0.2) is 95.1 Å². The normalized spacial score (nSPS) is 20.8. The Balaban J connectivity index is 1.66. The van der Waals surface area contributed by atoms with E-state index in [-0.39, 0.29) is 18.4 Å². The van der Waals surface area contributed by atoms with E-state index in [4.69, 9.17) is 9.72 Å². The second-order valence-corrected chi connectivity index (χ2v) is 8.88. The second-order valence-electron chi connectivity index (χ2n) is 8.88. The molecule has 0 radical (unpaired) electrons. The van der Waals surface area contributed by atoms with E-state index in [1.807, 2.05) is 35.2 Å². The summed E-state index contributed by atoms with van der Waals surface area (Å²) in [6.07, 6.45) is -0.455. The first-order valence-electron chi connectivity index (χ1n) is 10.7. The molecule has 2 aliphatic rings. The quantitative estimate of drug-likeness (QED) is 0.796. The lowest BCUT2D eigenvalue weighted by Gasteiger charge is -2.36. The number of fused-ring (bicyclic) bond motifs is 1. The minimum absolute atomic E-state index is 0.00631. The van der Waals surface area contributed by atoms with E-state index < -0.39 is 11.7 Å². The van der Waals surface area contributed by atoms with Crippen molar-refractivity contribution in [1.29, 1.82) is 0 Å². The van der Waals surface area contributed by atoms with Gasteiger partial charge in [-0.25, -0.2) is 4.98 Å². The Hall–Kier alpha value is -2.55. The van der Waals surface area contributed by atoms with Crippen LogP contribution in [0.1, 0.15) is 36.0 Å². The Kier molecular flexibility index (Phi) is 5.96. The highest BCUT2D eigenvalue weighted by Gasteiger charge is 2.34. The van der Waals surface area contributed by atoms with Crippen molar-refractivity contribution >= 4 is 22.7 Å². The summed E-state index contributed by atoms with van der Waals surface area (Å²) in [5, 5.41) is 10.9. The lowest BCUT2D eigenvalue weighted by atomic mass is 10.0. The first-order valence-corrected chi connectivity index (χ1v) is 10.7. The number of hydrogen-bond acceptors (Lipinski definition) is 6. The van der Waals surface area contributed by atoms with E-state index in [1.54, 1.807) is 4.90 Å². The number of pyridine rings is 1. The fourth-order valence-corrected chi connectivity index (χ4v) is 4.12. The number of carbonyl (C=O) groups excluding carboxylic acids is 2. The molecule has 1 N–H and O–H groups in total. The summed E-state index contributed by atoms with van der Waals surface area (Å²) in [5.41, 5.74) is 0.525. The summed E-state index contributed by atoms with van der Waals surface area (Å²) in [6.45, 7) is 7.10. The molecule has 2 fully saturated rings. The van der Waals surface area contributed by atoms with E-state index in [0.29, 0.717) is 37.5 Å². The highest BCUT2D eigenvalue weighted by molar-refractivity contribution is 6.06. The van der Waals surface area contributed by atoms with Crippen LogP contribution in [0.4, 0.5) is 0 Å². The van der Waals surface area contributed by atoms with Crippen LogP contribution in [0.2, 0.25) is 0 Å². The standard InChI is InChI=1S/C23H30N4O4/c1-23(2,30)22(29)27-12-13-31-20(15-27)19-14-17(16-6-4-5-7-18(16)24-19)21(28)26-10-8-25(3)9-11-26/h4-7,14,20,30H,8-13,15H2,1-3H3/t20-/m0/s1. The molecule has 3 heterocycles. The highest BCUT2D eigenvalue weighted by Crippen LogP contribution is 2.28. The molecule has 1 atom stereocenters. The van der Waals surface area contributed by atoms with Crippen molar-refractivity contribution in [3.63, 3.8) is 0 Å². The first-order chi connectivity index (χ1) is 14.7. The van der Waals surface area contributed by atoms with Crippen LogP contribution in [0.15, 0.2) is 30.3 Å². The highest BCUT2D eigenvalue weighted by atomic mass is 16.5. The maximum absolute atomic E-state index is 13.4. The summed E-state index contributed by atoms with van der Waals surface area (Å²) >= 11 is 0. The Morgan fingerprint density at radius 3 is 2.52 bits per heavy atom. The number of carbonyl (C=O) groups is 2. The van der Waals surface area contributed by atoms with Crippen molar-refractivity contribution in [3.05, 3.63) is 41.6 Å². The van der Waals surface area contributed by atoms with Gasteiger partial charge in [0.25, 0.3) is 11.8 Å². The average molecular weight is 427 g/mol. The zero-order valence-corrected chi connectivity index (χ0v) is 18.4. The van der Waals surface area contributed by atoms with Gasteiger partial charge in [-0.2, -0.15) is 0 Å². The van der Waals surface area contributed by atoms with Crippen molar-refractivity contribution < 1.29 is 19.4 Å². The molecule has 166 valence electrons. The van der Waals surface area contributed by atoms with Crippen LogP contribution in [0.25, 0.3) is 10.9 Å². The largest absolute Gasteiger partial charge is 0.381 e. The van der Waals surface area contributed by atoms with Crippen LogP contribution in [0.3, 0.4) is 0 Å². The van der Waals surface area contributed by atoms with Gasteiger partial charge in [0.1, 0.15) is 11.7 Å². The number of benzene rings is 1. The molecule has 1 aromatic carbocycles. The van der Waals surface area contributed by atoms with Crippen LogP contribution in [0.5, 0.6) is 0 Å². The van der Waals surface area contributed by atoms with Crippen molar-refractivity contribution in [3.8, 4) is 0 Å². The minimum Gasteiger partial charge on any atom is -0.381 e. The Bertz CT molecular complexity index is 979. The van der Waals surface area contributed by atoms with Gasteiger partial charge in [-0.05, 0) is 33.0 Å². The van der Waals surface area contributed by atoms with Crippen LogP contribution >= 0.6 is 0 Å². The predicted molar refractivity (Wildman–Crippen MR) is 117 cm³/mol. The van der Waals surface area contributed by atoms with Crippen molar-refractivity contribution in [1.82, 2.24) is 19.7 Å². The topological polar surface area (TPSA) is 86.2 Å². The molecule has 2 aliphatic heterocycles. The van der Waals surface area contributed by atoms with Gasteiger partial charge in [0, 0.05) is 38.1 Å². The minimum atomic E-state index is -1.44. The number of morpholine rings is 1. The number of likely N-dealkylation sites (N-methyl/N-ethyl adjacent to an activating group) is 1. The van der Waals surface area contributed by atoms with E-state index in [9.17, 15) is 14.7 Å². The third-order valence-electron chi connectivity index (χ3n) is 5.96. The Labute approximate surface area is 182 Å². The van der Waals surface area contributed by atoms with Gasteiger partial charge in [0.05, 0.1) is 29.9 Å². The molecular formula is C23H30N4O4. The van der Waals surface area contributed by atoms with Gasteiger partial charge in [0.2, 0.25) is 0 Å². The van der Waals surface area contributed by atoms with Gasteiger partial charge >= 0.3 is 0 Å². The number of aliphatic hydroxyl groups is 1. The number of para-hydroxylation sites is 1. The third kappa shape index (κ3) is 4.56. The summed E-state index contributed by atoms with van der Waals surface area (Å²) in [4.78, 5) is 36.4. The molecule has 0 aliphatic carbocycles. The van der Waals surface area contributed by atoms with Crippen LogP contribution < -0.4 is 0 Å². The van der Waals surface area contributed by atoms with Gasteiger partial charge in [-0.3, -0.25) is 9.59 Å².